The van der Waals surface area contributed by atoms with Gasteiger partial charge in [-0.1, -0.05) is 41.7 Å². The van der Waals surface area contributed by atoms with Crippen molar-refractivity contribution < 1.29 is 0 Å². The van der Waals surface area contributed by atoms with Crippen molar-refractivity contribution in [3.05, 3.63) is 64.1 Å². The highest BCUT2D eigenvalue weighted by Crippen LogP contribution is 2.50. The summed E-state index contributed by atoms with van der Waals surface area (Å²) in [7, 11) is 0. The predicted octanol–water partition coefficient (Wildman–Crippen LogP) is 4.38. The first-order valence-corrected chi connectivity index (χ1v) is 6.35. The van der Waals surface area contributed by atoms with Crippen LogP contribution in [-0.4, -0.2) is 0 Å². The number of rotatable bonds is 1. The molecular formula is C13H8S2. The molecular weight excluding hydrogens is 220 g/mol. The van der Waals surface area contributed by atoms with Gasteiger partial charge in [-0.15, -0.1) is 5.73 Å². The second-order valence-corrected chi connectivity index (χ2v) is 5.67. The number of hydrogen-bond acceptors (Lipinski definition) is 2. The summed E-state index contributed by atoms with van der Waals surface area (Å²) in [6, 6.07) is 8.51. The molecule has 0 saturated heterocycles. The van der Waals surface area contributed by atoms with Gasteiger partial charge in [-0.25, -0.2) is 0 Å². The summed E-state index contributed by atoms with van der Waals surface area (Å²) in [6.45, 7) is 0. The monoisotopic (exact) mass is 228 g/mol. The van der Waals surface area contributed by atoms with Crippen molar-refractivity contribution in [2.75, 3.05) is 0 Å². The largest absolute Gasteiger partial charge is 0.113 e. The van der Waals surface area contributed by atoms with Crippen molar-refractivity contribution >= 4 is 23.5 Å². The van der Waals surface area contributed by atoms with E-state index in [-0.39, 0.29) is 0 Å². The molecule has 15 heavy (non-hydrogen) atoms. The van der Waals surface area contributed by atoms with E-state index in [4.69, 9.17) is 0 Å². The lowest BCUT2D eigenvalue weighted by atomic mass is 10.3. The van der Waals surface area contributed by atoms with Crippen LogP contribution >= 0.6 is 23.5 Å². The van der Waals surface area contributed by atoms with Gasteiger partial charge in [0.05, 0.1) is 4.24 Å². The van der Waals surface area contributed by atoms with Crippen molar-refractivity contribution in [3.63, 3.8) is 0 Å². The lowest BCUT2D eigenvalue weighted by Gasteiger charge is -1.91. The van der Waals surface area contributed by atoms with E-state index < -0.39 is 0 Å². The van der Waals surface area contributed by atoms with Gasteiger partial charge in [0, 0.05) is 15.4 Å². The highest BCUT2D eigenvalue weighted by molar-refractivity contribution is 8.24. The lowest BCUT2D eigenvalue weighted by molar-refractivity contribution is 1.27. The summed E-state index contributed by atoms with van der Waals surface area (Å²) in [6.07, 6.45) is 8.24. The Balaban J connectivity index is 1.90. The van der Waals surface area contributed by atoms with E-state index >= 15 is 0 Å². The summed E-state index contributed by atoms with van der Waals surface area (Å²) in [5.41, 5.74) is 4.35. The topological polar surface area (TPSA) is 0 Å². The second kappa shape index (κ2) is 3.82. The van der Waals surface area contributed by atoms with E-state index in [1.165, 1.54) is 14.0 Å². The van der Waals surface area contributed by atoms with E-state index in [9.17, 15) is 0 Å². The molecule has 0 radical (unpaired) electrons. The van der Waals surface area contributed by atoms with Crippen LogP contribution in [0.25, 0.3) is 0 Å². The molecule has 0 saturated carbocycles. The van der Waals surface area contributed by atoms with Gasteiger partial charge in [-0.05, 0) is 30.4 Å². The Morgan fingerprint density at radius 2 is 1.80 bits per heavy atom. The molecule has 3 rings (SSSR count). The Morgan fingerprint density at radius 3 is 2.40 bits per heavy atom. The molecule has 1 heterocycles. The maximum atomic E-state index is 3.19. The van der Waals surface area contributed by atoms with Crippen LogP contribution in [0.3, 0.4) is 0 Å². The molecule has 0 fully saturated rings. The van der Waals surface area contributed by atoms with E-state index in [0.29, 0.717) is 0 Å². The van der Waals surface area contributed by atoms with Gasteiger partial charge < -0.3 is 0 Å². The first-order chi connectivity index (χ1) is 7.42. The SMILES string of the molecule is C1=CC=CC=1C=C1Sc2ccccc2S1. The Hall–Kier alpha value is -1.08. The fourth-order valence-corrected chi connectivity index (χ4v) is 3.87. The average Bonchev–Trinajstić information content (AvgIpc) is 2.86. The third-order valence-electron chi connectivity index (χ3n) is 2.17. The van der Waals surface area contributed by atoms with Crippen LogP contribution in [0.15, 0.2) is 73.9 Å². The molecule has 0 unspecified atom stereocenters. The third-order valence-corrected chi connectivity index (χ3v) is 4.58. The second-order valence-electron chi connectivity index (χ2n) is 3.24. The van der Waals surface area contributed by atoms with Gasteiger partial charge >= 0.3 is 0 Å². The molecule has 2 aliphatic rings. The number of benzene rings is 1. The molecule has 1 aromatic carbocycles. The fraction of sp³-hybridized carbons (Fsp3) is 0. The first-order valence-electron chi connectivity index (χ1n) is 4.72. The Kier molecular flexibility index (Phi) is 2.34. The van der Waals surface area contributed by atoms with Crippen molar-refractivity contribution in [2.45, 2.75) is 9.79 Å². The first kappa shape index (κ1) is 9.17. The summed E-state index contributed by atoms with van der Waals surface area (Å²) in [5.74, 6) is 0. The predicted molar refractivity (Wildman–Crippen MR) is 67.0 cm³/mol. The van der Waals surface area contributed by atoms with Crippen LogP contribution in [0.5, 0.6) is 0 Å². The normalized spacial score (nSPS) is 16.8. The van der Waals surface area contributed by atoms with Crippen LogP contribution in [-0.2, 0) is 0 Å². The highest BCUT2D eigenvalue weighted by Gasteiger charge is 2.16. The molecule has 0 amide bonds. The van der Waals surface area contributed by atoms with E-state index in [2.05, 4.69) is 42.1 Å². The summed E-state index contributed by atoms with van der Waals surface area (Å²) >= 11 is 3.68. The quantitative estimate of drug-likeness (QED) is 0.654. The fourth-order valence-electron chi connectivity index (χ4n) is 1.48. The maximum absolute atomic E-state index is 3.19. The van der Waals surface area contributed by atoms with Gasteiger partial charge in [-0.2, -0.15) is 0 Å². The number of fused-ring (bicyclic) bond motifs is 1. The summed E-state index contributed by atoms with van der Waals surface area (Å²) in [5, 5.41) is 0. The van der Waals surface area contributed by atoms with Gasteiger partial charge in [0.1, 0.15) is 0 Å². The number of allylic oxidation sites excluding steroid dienone is 4. The molecule has 0 nitrogen and oxygen atoms in total. The molecule has 0 aromatic heterocycles. The van der Waals surface area contributed by atoms with Gasteiger partial charge in [-0.3, -0.25) is 0 Å². The molecule has 2 heteroatoms. The maximum Gasteiger partial charge on any atom is 0.0511 e. The van der Waals surface area contributed by atoms with Crippen LogP contribution in [0.2, 0.25) is 0 Å². The summed E-state index contributed by atoms with van der Waals surface area (Å²) < 4.78 is 1.33. The Bertz CT molecular complexity index is 502. The molecule has 0 bridgehead atoms. The Morgan fingerprint density at radius 1 is 1.07 bits per heavy atom. The molecule has 1 aliphatic heterocycles. The minimum Gasteiger partial charge on any atom is -0.113 e. The molecule has 72 valence electrons. The molecule has 0 spiro atoms. The van der Waals surface area contributed by atoms with Crippen molar-refractivity contribution in [3.8, 4) is 0 Å². The van der Waals surface area contributed by atoms with Crippen LogP contribution < -0.4 is 0 Å². The van der Waals surface area contributed by atoms with Gasteiger partial charge in [0.15, 0.2) is 0 Å². The molecule has 0 N–H and O–H groups in total. The molecule has 1 aliphatic carbocycles. The number of hydrogen-bond donors (Lipinski definition) is 0. The van der Waals surface area contributed by atoms with Crippen LogP contribution in [0, 0.1) is 0 Å². The third kappa shape index (κ3) is 1.84. The van der Waals surface area contributed by atoms with Crippen molar-refractivity contribution in [2.24, 2.45) is 0 Å². The van der Waals surface area contributed by atoms with Gasteiger partial charge in [0.2, 0.25) is 0 Å². The number of thioether (sulfide) groups is 2. The van der Waals surface area contributed by atoms with E-state index in [1.807, 2.05) is 35.7 Å². The zero-order valence-electron chi connectivity index (χ0n) is 7.94. The van der Waals surface area contributed by atoms with E-state index in [1.54, 1.807) is 0 Å². The van der Waals surface area contributed by atoms with Crippen LogP contribution in [0.4, 0.5) is 0 Å². The lowest BCUT2D eigenvalue weighted by Crippen LogP contribution is -1.66. The van der Waals surface area contributed by atoms with Crippen molar-refractivity contribution in [1.82, 2.24) is 0 Å². The highest BCUT2D eigenvalue weighted by atomic mass is 32.2. The van der Waals surface area contributed by atoms with E-state index in [0.717, 1.165) is 5.57 Å². The molecule has 0 atom stereocenters. The van der Waals surface area contributed by atoms with Crippen molar-refractivity contribution in [1.29, 1.82) is 0 Å². The standard InChI is InChI=1S/C13H8S2/c1-2-6-10(5-1)9-13-14-11-7-3-4-8-12(11)15-13/h1-5,7-9H. The minimum atomic E-state index is 1.16. The smallest absolute Gasteiger partial charge is 0.0511 e. The Labute approximate surface area is 97.5 Å². The van der Waals surface area contributed by atoms with Gasteiger partial charge in [0.25, 0.3) is 0 Å². The zero-order valence-corrected chi connectivity index (χ0v) is 9.57. The zero-order chi connectivity index (χ0) is 10.1. The average molecular weight is 228 g/mol. The summed E-state index contributed by atoms with van der Waals surface area (Å²) in [4.78, 5) is 2.72. The molecule has 1 aromatic rings. The minimum absolute atomic E-state index is 1.16. The van der Waals surface area contributed by atoms with Crippen LogP contribution in [0.1, 0.15) is 0 Å².